The van der Waals surface area contributed by atoms with E-state index < -0.39 is 9.84 Å². The maximum Gasteiger partial charge on any atom is 0.272 e. The van der Waals surface area contributed by atoms with E-state index in [2.05, 4.69) is 29.5 Å². The number of hydrogen-bond donors (Lipinski definition) is 2. The van der Waals surface area contributed by atoms with Crippen molar-refractivity contribution in [2.45, 2.75) is 37.9 Å². The first-order chi connectivity index (χ1) is 11.7. The molecular weight excluding hydrogens is 340 g/mol. The fraction of sp³-hybridized carbons (Fsp3) is 0.529. The second-order valence-electron chi connectivity index (χ2n) is 7.28. The highest BCUT2D eigenvalue weighted by molar-refractivity contribution is 7.90. The molecule has 2 N–H and O–H groups in total. The molecule has 1 fully saturated rings. The molecule has 136 valence electrons. The van der Waals surface area contributed by atoms with Crippen LogP contribution in [0.5, 0.6) is 0 Å². The van der Waals surface area contributed by atoms with E-state index in [1.807, 2.05) is 0 Å². The minimum atomic E-state index is -3.54. The first-order valence-corrected chi connectivity index (χ1v) is 10.3. The molecule has 0 aromatic carbocycles. The summed E-state index contributed by atoms with van der Waals surface area (Å²) in [5.41, 5.74) is 0.714. The van der Waals surface area contributed by atoms with Crippen LogP contribution in [0, 0.1) is 5.41 Å². The zero-order valence-corrected chi connectivity index (χ0v) is 15.6. The molecule has 2 aromatic rings. The van der Waals surface area contributed by atoms with Crippen molar-refractivity contribution in [3.63, 3.8) is 0 Å². The molecule has 0 aliphatic carbocycles. The van der Waals surface area contributed by atoms with Crippen molar-refractivity contribution >= 4 is 21.3 Å². The van der Waals surface area contributed by atoms with Gasteiger partial charge in [0.1, 0.15) is 0 Å². The zero-order chi connectivity index (χ0) is 18.2. The Hall–Kier alpha value is -1.93. The molecule has 1 atom stereocenters. The molecule has 1 saturated heterocycles. The van der Waals surface area contributed by atoms with Crippen LogP contribution in [0.25, 0.3) is 5.52 Å². The summed E-state index contributed by atoms with van der Waals surface area (Å²) in [6, 6.07) is 5.33. The number of nitrogens with zero attached hydrogens (tertiary/aromatic N) is 2. The van der Waals surface area contributed by atoms with Crippen molar-refractivity contribution in [1.82, 2.24) is 20.0 Å². The molecule has 3 rings (SSSR count). The maximum absolute atomic E-state index is 12.6. The van der Waals surface area contributed by atoms with Gasteiger partial charge in [-0.05, 0) is 36.9 Å². The van der Waals surface area contributed by atoms with Gasteiger partial charge in [0, 0.05) is 25.0 Å². The first kappa shape index (κ1) is 17.9. The van der Waals surface area contributed by atoms with Gasteiger partial charge in [-0.1, -0.05) is 19.9 Å². The minimum Gasteiger partial charge on any atom is -0.349 e. The van der Waals surface area contributed by atoms with Crippen molar-refractivity contribution in [2.24, 2.45) is 5.41 Å². The lowest BCUT2D eigenvalue weighted by molar-refractivity contribution is 0.0925. The molecule has 0 bridgehead atoms. The number of aromatic nitrogens is 2. The van der Waals surface area contributed by atoms with Gasteiger partial charge in [-0.25, -0.2) is 13.4 Å². The molecule has 25 heavy (non-hydrogen) atoms. The first-order valence-electron chi connectivity index (χ1n) is 8.39. The Morgan fingerprint density at radius 3 is 2.88 bits per heavy atom. The molecule has 0 radical (unpaired) electrons. The van der Waals surface area contributed by atoms with Gasteiger partial charge in [-0.3, -0.25) is 9.20 Å². The molecule has 1 aliphatic heterocycles. The number of nitrogens with one attached hydrogen (secondary N) is 2. The number of pyridine rings is 1. The molecule has 1 amide bonds. The number of imidazole rings is 1. The Morgan fingerprint density at radius 2 is 2.20 bits per heavy atom. The van der Waals surface area contributed by atoms with Crippen LogP contribution in [0.4, 0.5) is 0 Å². The summed E-state index contributed by atoms with van der Waals surface area (Å²) in [4.78, 5) is 16.7. The van der Waals surface area contributed by atoms with Gasteiger partial charge in [0.2, 0.25) is 15.0 Å². The minimum absolute atomic E-state index is 0.0969. The van der Waals surface area contributed by atoms with Crippen LogP contribution < -0.4 is 10.6 Å². The Bertz CT molecular complexity index is 902. The fourth-order valence-electron chi connectivity index (χ4n) is 3.34. The number of carbonyl (C=O) groups excluding carboxylic acids is 1. The molecule has 8 heteroatoms. The Kier molecular flexibility index (Phi) is 4.59. The Morgan fingerprint density at radius 1 is 1.44 bits per heavy atom. The van der Waals surface area contributed by atoms with Gasteiger partial charge in [-0.15, -0.1) is 0 Å². The van der Waals surface area contributed by atoms with E-state index in [9.17, 15) is 13.2 Å². The number of fused-ring (bicyclic) bond motifs is 1. The number of hydrogen-bond acceptors (Lipinski definition) is 5. The van der Waals surface area contributed by atoms with Gasteiger partial charge >= 0.3 is 0 Å². The summed E-state index contributed by atoms with van der Waals surface area (Å²) < 4.78 is 25.3. The number of rotatable bonds is 4. The van der Waals surface area contributed by atoms with E-state index in [1.54, 1.807) is 24.4 Å². The fourth-order valence-corrected chi connectivity index (χ4v) is 4.11. The molecule has 2 aromatic heterocycles. The molecule has 1 unspecified atom stereocenters. The van der Waals surface area contributed by atoms with Crippen LogP contribution in [0.1, 0.15) is 37.2 Å². The normalized spacial score (nSPS) is 20.5. The van der Waals surface area contributed by atoms with Crippen LogP contribution in [0.15, 0.2) is 29.6 Å². The second-order valence-corrected chi connectivity index (χ2v) is 9.19. The summed E-state index contributed by atoms with van der Waals surface area (Å²) in [6.45, 7) is 5.79. The monoisotopic (exact) mass is 364 g/mol. The van der Waals surface area contributed by atoms with Gasteiger partial charge in [0.15, 0.2) is 5.69 Å². The number of sulfone groups is 1. The lowest BCUT2D eigenvalue weighted by Gasteiger charge is -2.39. The SMILES string of the molecule is CC1(C)CCCNC1CNC(=O)c1nc(S(C)(=O)=O)n2ccccc12. The van der Waals surface area contributed by atoms with Crippen molar-refractivity contribution < 1.29 is 13.2 Å². The van der Waals surface area contributed by atoms with E-state index in [-0.39, 0.29) is 28.2 Å². The summed E-state index contributed by atoms with van der Waals surface area (Å²) in [5, 5.41) is 6.23. The molecule has 3 heterocycles. The highest BCUT2D eigenvalue weighted by Crippen LogP contribution is 2.29. The number of amides is 1. The maximum atomic E-state index is 12.6. The third kappa shape index (κ3) is 3.55. The van der Waals surface area contributed by atoms with Crippen molar-refractivity contribution in [1.29, 1.82) is 0 Å². The lowest BCUT2D eigenvalue weighted by Crippen LogP contribution is -2.52. The third-order valence-electron chi connectivity index (χ3n) is 4.86. The molecule has 0 saturated carbocycles. The molecule has 1 aliphatic rings. The van der Waals surface area contributed by atoms with Gasteiger partial charge in [0.25, 0.3) is 5.91 Å². The van der Waals surface area contributed by atoms with E-state index >= 15 is 0 Å². The molecule has 7 nitrogen and oxygen atoms in total. The zero-order valence-electron chi connectivity index (χ0n) is 14.7. The van der Waals surface area contributed by atoms with Crippen LogP contribution in [0.2, 0.25) is 0 Å². The average molecular weight is 364 g/mol. The quantitative estimate of drug-likeness (QED) is 0.852. The second kappa shape index (κ2) is 6.42. The highest BCUT2D eigenvalue weighted by atomic mass is 32.2. The predicted octanol–water partition coefficient (Wildman–Crippen LogP) is 1.25. The van der Waals surface area contributed by atoms with Crippen LogP contribution in [-0.2, 0) is 9.84 Å². The topological polar surface area (TPSA) is 92.6 Å². The van der Waals surface area contributed by atoms with E-state index in [0.717, 1.165) is 25.6 Å². The van der Waals surface area contributed by atoms with Crippen molar-refractivity contribution in [3.8, 4) is 0 Å². The van der Waals surface area contributed by atoms with Crippen LogP contribution in [0.3, 0.4) is 0 Å². The Balaban J connectivity index is 1.86. The summed E-state index contributed by atoms with van der Waals surface area (Å²) in [5.74, 6) is -0.359. The smallest absolute Gasteiger partial charge is 0.272 e. The number of carbonyl (C=O) groups is 1. The van der Waals surface area contributed by atoms with E-state index in [4.69, 9.17) is 0 Å². The number of piperidine rings is 1. The van der Waals surface area contributed by atoms with Crippen molar-refractivity contribution in [3.05, 3.63) is 30.1 Å². The standard InChI is InChI=1S/C17H24N4O3S/c1-17(2)8-6-9-18-13(17)11-19-15(22)14-12-7-4-5-10-21(12)16(20-14)25(3,23)24/h4-5,7,10,13,18H,6,8-9,11H2,1-3H3,(H,19,22). The largest absolute Gasteiger partial charge is 0.349 e. The van der Waals surface area contributed by atoms with Gasteiger partial charge in [0.05, 0.1) is 5.52 Å². The lowest BCUT2D eigenvalue weighted by atomic mass is 9.77. The van der Waals surface area contributed by atoms with Crippen LogP contribution >= 0.6 is 0 Å². The average Bonchev–Trinajstić information content (AvgIpc) is 2.93. The highest BCUT2D eigenvalue weighted by Gasteiger charge is 2.32. The summed E-state index contributed by atoms with van der Waals surface area (Å²) in [7, 11) is -3.54. The summed E-state index contributed by atoms with van der Waals surface area (Å²) >= 11 is 0. The summed E-state index contributed by atoms with van der Waals surface area (Å²) in [6.07, 6.45) is 4.92. The van der Waals surface area contributed by atoms with Gasteiger partial charge < -0.3 is 10.6 Å². The van der Waals surface area contributed by atoms with E-state index in [0.29, 0.717) is 12.1 Å². The van der Waals surface area contributed by atoms with Crippen molar-refractivity contribution in [2.75, 3.05) is 19.3 Å². The van der Waals surface area contributed by atoms with E-state index in [1.165, 1.54) is 4.40 Å². The molecular formula is C17H24N4O3S. The predicted molar refractivity (Wildman–Crippen MR) is 95.4 cm³/mol. The molecule has 0 spiro atoms. The van der Waals surface area contributed by atoms with Crippen LogP contribution in [-0.4, -0.2) is 49.1 Å². The third-order valence-corrected chi connectivity index (χ3v) is 5.81. The van der Waals surface area contributed by atoms with Gasteiger partial charge in [-0.2, -0.15) is 0 Å². The Labute approximate surface area is 147 Å².